The molecule has 16 heavy (non-hydrogen) atoms. The molecule has 1 aliphatic heterocycles. The maximum absolute atomic E-state index is 6.03. The van der Waals surface area contributed by atoms with Gasteiger partial charge in [0.15, 0.2) is 0 Å². The van der Waals surface area contributed by atoms with Gasteiger partial charge in [-0.3, -0.25) is 0 Å². The molecule has 0 bridgehead atoms. The Kier molecular flexibility index (Phi) is 4.50. The second kappa shape index (κ2) is 5.89. The summed E-state index contributed by atoms with van der Waals surface area (Å²) in [6, 6.07) is 6.56. The van der Waals surface area contributed by atoms with E-state index in [4.69, 9.17) is 11.6 Å². The van der Waals surface area contributed by atoms with Crippen LogP contribution in [0.4, 0.5) is 5.69 Å². The van der Waals surface area contributed by atoms with E-state index in [-0.39, 0.29) is 0 Å². The highest BCUT2D eigenvalue weighted by molar-refractivity contribution is 9.10. The molecule has 2 nitrogen and oxygen atoms in total. The minimum Gasteiger partial charge on any atom is -0.383 e. The molecule has 88 valence electrons. The van der Waals surface area contributed by atoms with Gasteiger partial charge in [-0.05, 0) is 53.5 Å². The average Bonchev–Trinajstić information content (AvgIpc) is 2.32. The van der Waals surface area contributed by atoms with E-state index in [0.29, 0.717) is 6.04 Å². The molecule has 0 spiro atoms. The first-order chi connectivity index (χ1) is 7.75. The number of halogens is 2. The predicted octanol–water partition coefficient (Wildman–Crippen LogP) is 3.66. The highest BCUT2D eigenvalue weighted by Crippen LogP contribution is 2.25. The smallest absolute Gasteiger partial charge is 0.0568 e. The van der Waals surface area contributed by atoms with E-state index >= 15 is 0 Å². The van der Waals surface area contributed by atoms with Crippen LogP contribution in [0.1, 0.15) is 19.3 Å². The van der Waals surface area contributed by atoms with Gasteiger partial charge in [0.1, 0.15) is 0 Å². The molecule has 1 aromatic carbocycles. The first-order valence-electron chi connectivity index (χ1n) is 5.68. The second-order valence-corrected chi connectivity index (χ2v) is 5.42. The highest BCUT2D eigenvalue weighted by Gasteiger charge is 2.11. The fourth-order valence-electron chi connectivity index (χ4n) is 1.95. The van der Waals surface area contributed by atoms with Gasteiger partial charge < -0.3 is 10.6 Å². The maximum Gasteiger partial charge on any atom is 0.0568 e. The number of hydrogen-bond acceptors (Lipinski definition) is 2. The molecule has 0 aliphatic carbocycles. The van der Waals surface area contributed by atoms with Crippen molar-refractivity contribution in [2.24, 2.45) is 0 Å². The minimum absolute atomic E-state index is 0.594. The lowest BCUT2D eigenvalue weighted by atomic mass is 10.1. The fourth-order valence-corrected chi connectivity index (χ4v) is 2.37. The number of hydrogen-bond donors (Lipinski definition) is 2. The molecule has 0 radical (unpaired) electrons. The minimum atomic E-state index is 0.594. The summed E-state index contributed by atoms with van der Waals surface area (Å²) in [5.41, 5.74) is 1.08. The molecule has 0 aromatic heterocycles. The molecule has 2 N–H and O–H groups in total. The zero-order valence-electron chi connectivity index (χ0n) is 9.10. The number of nitrogens with one attached hydrogen (secondary N) is 2. The standard InChI is InChI=1S/C12H16BrClN2/c13-11-5-4-9(7-12(11)14)16-8-10-3-1-2-6-15-10/h4-5,7,10,15-16H,1-3,6,8H2. The number of piperidine rings is 1. The summed E-state index contributed by atoms with van der Waals surface area (Å²) >= 11 is 9.42. The van der Waals surface area contributed by atoms with Crippen LogP contribution in [-0.2, 0) is 0 Å². The first kappa shape index (κ1) is 12.2. The summed E-state index contributed by atoms with van der Waals surface area (Å²) in [6.45, 7) is 2.12. The molecule has 0 amide bonds. The molecule has 1 unspecified atom stereocenters. The molecule has 1 heterocycles. The SMILES string of the molecule is Clc1cc(NCC2CCCCN2)ccc1Br. The molecule has 1 fully saturated rings. The Morgan fingerprint density at radius 1 is 1.44 bits per heavy atom. The predicted molar refractivity (Wildman–Crippen MR) is 73.3 cm³/mol. The topological polar surface area (TPSA) is 24.1 Å². The van der Waals surface area contributed by atoms with E-state index in [0.717, 1.165) is 28.3 Å². The van der Waals surface area contributed by atoms with Gasteiger partial charge in [0.2, 0.25) is 0 Å². The largest absolute Gasteiger partial charge is 0.383 e. The summed E-state index contributed by atoms with van der Waals surface area (Å²) < 4.78 is 0.940. The van der Waals surface area contributed by atoms with Gasteiger partial charge in [-0.1, -0.05) is 18.0 Å². The van der Waals surface area contributed by atoms with Gasteiger partial charge in [0.05, 0.1) is 5.02 Å². The lowest BCUT2D eigenvalue weighted by Crippen LogP contribution is -2.39. The summed E-state index contributed by atoms with van der Waals surface area (Å²) in [7, 11) is 0. The Morgan fingerprint density at radius 2 is 2.31 bits per heavy atom. The van der Waals surface area contributed by atoms with Crippen molar-refractivity contribution in [2.45, 2.75) is 25.3 Å². The van der Waals surface area contributed by atoms with Crippen molar-refractivity contribution in [1.82, 2.24) is 5.32 Å². The van der Waals surface area contributed by atoms with Crippen LogP contribution in [0.15, 0.2) is 22.7 Å². The van der Waals surface area contributed by atoms with Crippen molar-refractivity contribution in [2.75, 3.05) is 18.4 Å². The summed E-state index contributed by atoms with van der Waals surface area (Å²) in [4.78, 5) is 0. The van der Waals surface area contributed by atoms with Crippen molar-refractivity contribution < 1.29 is 0 Å². The van der Waals surface area contributed by atoms with Crippen LogP contribution in [0, 0.1) is 0 Å². The number of anilines is 1. The van der Waals surface area contributed by atoms with Crippen LogP contribution in [0.5, 0.6) is 0 Å². The van der Waals surface area contributed by atoms with Gasteiger partial charge in [-0.25, -0.2) is 0 Å². The van der Waals surface area contributed by atoms with Crippen LogP contribution < -0.4 is 10.6 Å². The van der Waals surface area contributed by atoms with Gasteiger partial charge in [-0.2, -0.15) is 0 Å². The van der Waals surface area contributed by atoms with Crippen LogP contribution in [0.2, 0.25) is 5.02 Å². The third kappa shape index (κ3) is 3.37. The van der Waals surface area contributed by atoms with E-state index in [1.165, 1.54) is 19.3 Å². The Morgan fingerprint density at radius 3 is 3.00 bits per heavy atom. The molecule has 2 rings (SSSR count). The van der Waals surface area contributed by atoms with Crippen LogP contribution in [0.25, 0.3) is 0 Å². The van der Waals surface area contributed by atoms with Crippen LogP contribution in [0.3, 0.4) is 0 Å². The maximum atomic E-state index is 6.03. The second-order valence-electron chi connectivity index (χ2n) is 4.16. The normalized spacial score (nSPS) is 20.8. The molecular formula is C12H16BrClN2. The number of rotatable bonds is 3. The molecule has 1 aromatic rings. The molecule has 1 aliphatic rings. The average molecular weight is 304 g/mol. The molecule has 1 saturated heterocycles. The van der Waals surface area contributed by atoms with E-state index in [1.807, 2.05) is 18.2 Å². The van der Waals surface area contributed by atoms with Gasteiger partial charge >= 0.3 is 0 Å². The first-order valence-corrected chi connectivity index (χ1v) is 6.85. The van der Waals surface area contributed by atoms with E-state index in [1.54, 1.807) is 0 Å². The monoisotopic (exact) mass is 302 g/mol. The Bertz CT molecular complexity index is 351. The van der Waals surface area contributed by atoms with Crippen molar-refractivity contribution >= 4 is 33.2 Å². The highest BCUT2D eigenvalue weighted by atomic mass is 79.9. The van der Waals surface area contributed by atoms with Crippen LogP contribution >= 0.6 is 27.5 Å². The quantitative estimate of drug-likeness (QED) is 0.890. The lowest BCUT2D eigenvalue weighted by Gasteiger charge is -2.24. The molecular weight excluding hydrogens is 288 g/mol. The van der Waals surface area contributed by atoms with E-state index in [9.17, 15) is 0 Å². The zero-order chi connectivity index (χ0) is 11.4. The van der Waals surface area contributed by atoms with Gasteiger partial charge in [-0.15, -0.1) is 0 Å². The summed E-state index contributed by atoms with van der Waals surface area (Å²) in [6.07, 6.45) is 3.90. The van der Waals surface area contributed by atoms with Crippen molar-refractivity contribution in [3.8, 4) is 0 Å². The Labute approximate surface area is 110 Å². The lowest BCUT2D eigenvalue weighted by molar-refractivity contribution is 0.414. The molecule has 4 heteroatoms. The van der Waals surface area contributed by atoms with E-state index in [2.05, 4.69) is 26.6 Å². The fraction of sp³-hybridized carbons (Fsp3) is 0.500. The third-order valence-corrected chi connectivity index (χ3v) is 4.12. The van der Waals surface area contributed by atoms with Gasteiger partial charge in [0.25, 0.3) is 0 Å². The molecule has 1 atom stereocenters. The zero-order valence-corrected chi connectivity index (χ0v) is 11.4. The summed E-state index contributed by atoms with van der Waals surface area (Å²) in [5, 5.41) is 7.68. The van der Waals surface area contributed by atoms with Gasteiger partial charge in [0, 0.05) is 22.7 Å². The van der Waals surface area contributed by atoms with Crippen molar-refractivity contribution in [1.29, 1.82) is 0 Å². The Balaban J connectivity index is 1.86. The van der Waals surface area contributed by atoms with E-state index < -0.39 is 0 Å². The summed E-state index contributed by atoms with van der Waals surface area (Å²) in [5.74, 6) is 0. The van der Waals surface area contributed by atoms with Crippen molar-refractivity contribution in [3.63, 3.8) is 0 Å². The third-order valence-electron chi connectivity index (χ3n) is 2.88. The van der Waals surface area contributed by atoms with Crippen LogP contribution in [-0.4, -0.2) is 19.1 Å². The molecule has 0 saturated carbocycles. The Hall–Kier alpha value is -0.250. The number of benzene rings is 1. The van der Waals surface area contributed by atoms with Crippen molar-refractivity contribution in [3.05, 3.63) is 27.7 Å².